The first-order valence-corrected chi connectivity index (χ1v) is 7.13. The molecule has 1 amide bonds. The lowest BCUT2D eigenvalue weighted by Gasteiger charge is -2.25. The van der Waals surface area contributed by atoms with E-state index < -0.39 is 0 Å². The van der Waals surface area contributed by atoms with Crippen LogP contribution in [-0.4, -0.2) is 37.1 Å². The zero-order valence-electron chi connectivity index (χ0n) is 12.5. The van der Waals surface area contributed by atoms with E-state index in [1.54, 1.807) is 7.11 Å². The SMILES string of the molecule is CCN(CC)C(=O)c1ccc2c(c1)CCC(OC)C2.Cl. The van der Waals surface area contributed by atoms with E-state index in [1.165, 1.54) is 11.1 Å². The van der Waals surface area contributed by atoms with Gasteiger partial charge in [0.15, 0.2) is 0 Å². The fourth-order valence-electron chi connectivity index (χ4n) is 2.75. The summed E-state index contributed by atoms with van der Waals surface area (Å²) in [5, 5.41) is 0. The van der Waals surface area contributed by atoms with Gasteiger partial charge < -0.3 is 9.64 Å². The van der Waals surface area contributed by atoms with Crippen LogP contribution in [0.5, 0.6) is 0 Å². The van der Waals surface area contributed by atoms with Crippen LogP contribution in [0.3, 0.4) is 0 Å². The average molecular weight is 298 g/mol. The number of methoxy groups -OCH3 is 1. The third kappa shape index (κ3) is 3.53. The van der Waals surface area contributed by atoms with Crippen molar-refractivity contribution in [2.45, 2.75) is 39.2 Å². The summed E-state index contributed by atoms with van der Waals surface area (Å²) in [6, 6.07) is 6.12. The number of aryl methyl sites for hydroxylation is 1. The minimum absolute atomic E-state index is 0. The molecule has 1 aliphatic carbocycles. The van der Waals surface area contributed by atoms with Crippen molar-refractivity contribution in [1.82, 2.24) is 4.90 Å². The Balaban J connectivity index is 0.00000200. The Kier molecular flexibility index (Phi) is 6.50. The van der Waals surface area contributed by atoms with Crippen molar-refractivity contribution >= 4 is 18.3 Å². The Labute approximate surface area is 127 Å². The van der Waals surface area contributed by atoms with Crippen LogP contribution >= 0.6 is 12.4 Å². The number of hydrogen-bond acceptors (Lipinski definition) is 2. The molecule has 0 fully saturated rings. The molecule has 0 aliphatic heterocycles. The molecule has 0 heterocycles. The van der Waals surface area contributed by atoms with Crippen molar-refractivity contribution < 1.29 is 9.53 Å². The molecule has 1 aliphatic rings. The summed E-state index contributed by atoms with van der Waals surface area (Å²) < 4.78 is 5.42. The summed E-state index contributed by atoms with van der Waals surface area (Å²) in [5.74, 6) is 0.140. The van der Waals surface area contributed by atoms with E-state index in [1.807, 2.05) is 24.8 Å². The Morgan fingerprint density at radius 1 is 1.30 bits per heavy atom. The van der Waals surface area contributed by atoms with Gasteiger partial charge in [-0.25, -0.2) is 0 Å². The lowest BCUT2D eigenvalue weighted by atomic mass is 9.88. The van der Waals surface area contributed by atoms with E-state index in [0.29, 0.717) is 6.10 Å². The van der Waals surface area contributed by atoms with E-state index in [4.69, 9.17) is 4.74 Å². The van der Waals surface area contributed by atoms with Gasteiger partial charge in [-0.05, 0) is 56.4 Å². The number of amides is 1. The topological polar surface area (TPSA) is 29.5 Å². The third-order valence-corrected chi connectivity index (χ3v) is 4.02. The van der Waals surface area contributed by atoms with Crippen molar-refractivity contribution in [2.75, 3.05) is 20.2 Å². The number of benzene rings is 1. The molecule has 0 radical (unpaired) electrons. The number of ether oxygens (including phenoxy) is 1. The summed E-state index contributed by atoms with van der Waals surface area (Å²) in [4.78, 5) is 14.2. The van der Waals surface area contributed by atoms with Crippen LogP contribution in [0.15, 0.2) is 18.2 Å². The molecule has 1 aromatic rings. The highest BCUT2D eigenvalue weighted by Gasteiger charge is 2.20. The van der Waals surface area contributed by atoms with Crippen LogP contribution in [0.1, 0.15) is 41.8 Å². The normalized spacial score (nSPS) is 17.1. The predicted molar refractivity (Wildman–Crippen MR) is 83.8 cm³/mol. The largest absolute Gasteiger partial charge is 0.381 e. The van der Waals surface area contributed by atoms with Gasteiger partial charge in [0.2, 0.25) is 0 Å². The van der Waals surface area contributed by atoms with Crippen molar-refractivity contribution in [3.05, 3.63) is 34.9 Å². The predicted octanol–water partition coefficient (Wildman–Crippen LogP) is 3.09. The second kappa shape index (κ2) is 7.65. The zero-order valence-corrected chi connectivity index (χ0v) is 13.3. The maximum Gasteiger partial charge on any atom is 0.253 e. The van der Waals surface area contributed by atoms with Gasteiger partial charge in [-0.2, -0.15) is 0 Å². The van der Waals surface area contributed by atoms with Crippen LogP contribution in [0.25, 0.3) is 0 Å². The van der Waals surface area contributed by atoms with Crippen LogP contribution < -0.4 is 0 Å². The number of nitrogens with zero attached hydrogens (tertiary/aromatic N) is 1. The molecule has 20 heavy (non-hydrogen) atoms. The van der Waals surface area contributed by atoms with Gasteiger partial charge in [0.1, 0.15) is 0 Å². The second-order valence-electron chi connectivity index (χ2n) is 5.06. The fraction of sp³-hybridized carbons (Fsp3) is 0.562. The highest BCUT2D eigenvalue weighted by Crippen LogP contribution is 2.24. The van der Waals surface area contributed by atoms with E-state index in [2.05, 4.69) is 12.1 Å². The molecule has 0 bridgehead atoms. The highest BCUT2D eigenvalue weighted by atomic mass is 35.5. The van der Waals surface area contributed by atoms with Gasteiger partial charge in [-0.15, -0.1) is 12.4 Å². The van der Waals surface area contributed by atoms with Crippen molar-refractivity contribution in [3.8, 4) is 0 Å². The van der Waals surface area contributed by atoms with Gasteiger partial charge in [-0.1, -0.05) is 6.07 Å². The minimum Gasteiger partial charge on any atom is -0.381 e. The number of carbonyl (C=O) groups is 1. The number of fused-ring (bicyclic) bond motifs is 1. The fourth-order valence-corrected chi connectivity index (χ4v) is 2.75. The molecule has 0 aromatic heterocycles. The Morgan fingerprint density at radius 3 is 2.60 bits per heavy atom. The van der Waals surface area contributed by atoms with E-state index in [-0.39, 0.29) is 18.3 Å². The highest BCUT2D eigenvalue weighted by molar-refractivity contribution is 5.94. The van der Waals surface area contributed by atoms with Crippen molar-refractivity contribution in [1.29, 1.82) is 0 Å². The number of carbonyl (C=O) groups excluding carboxylic acids is 1. The quantitative estimate of drug-likeness (QED) is 0.855. The van der Waals surface area contributed by atoms with Gasteiger partial charge in [0.25, 0.3) is 5.91 Å². The number of rotatable bonds is 4. The molecule has 0 N–H and O–H groups in total. The summed E-state index contributed by atoms with van der Waals surface area (Å²) in [6.07, 6.45) is 3.35. The van der Waals surface area contributed by atoms with Crippen LogP contribution in [0.2, 0.25) is 0 Å². The van der Waals surface area contributed by atoms with E-state index in [9.17, 15) is 4.79 Å². The molecular weight excluding hydrogens is 274 g/mol. The van der Waals surface area contributed by atoms with Gasteiger partial charge in [-0.3, -0.25) is 4.79 Å². The van der Waals surface area contributed by atoms with Crippen molar-refractivity contribution in [2.24, 2.45) is 0 Å². The lowest BCUT2D eigenvalue weighted by Crippen LogP contribution is -2.30. The van der Waals surface area contributed by atoms with Crippen molar-refractivity contribution in [3.63, 3.8) is 0 Å². The number of halogens is 1. The minimum atomic E-state index is 0. The smallest absolute Gasteiger partial charge is 0.253 e. The first-order valence-electron chi connectivity index (χ1n) is 7.13. The van der Waals surface area contributed by atoms with Gasteiger partial charge in [0, 0.05) is 25.8 Å². The molecule has 0 saturated heterocycles. The molecule has 1 unspecified atom stereocenters. The van der Waals surface area contributed by atoms with E-state index in [0.717, 1.165) is 37.9 Å². The third-order valence-electron chi connectivity index (χ3n) is 4.02. The molecule has 4 heteroatoms. The Hall–Kier alpha value is -1.06. The molecule has 1 aromatic carbocycles. The first kappa shape index (κ1) is 17.0. The van der Waals surface area contributed by atoms with Crippen LogP contribution in [0, 0.1) is 0 Å². The van der Waals surface area contributed by atoms with Gasteiger partial charge in [0.05, 0.1) is 6.10 Å². The molecule has 0 saturated carbocycles. The molecular formula is C16H24ClNO2. The molecule has 0 spiro atoms. The summed E-state index contributed by atoms with van der Waals surface area (Å²) in [7, 11) is 1.77. The Bertz CT molecular complexity index is 458. The monoisotopic (exact) mass is 297 g/mol. The lowest BCUT2D eigenvalue weighted by molar-refractivity contribution is 0.0772. The Morgan fingerprint density at radius 2 is 2.00 bits per heavy atom. The van der Waals surface area contributed by atoms with Crippen LogP contribution in [0.4, 0.5) is 0 Å². The maximum absolute atomic E-state index is 12.3. The van der Waals surface area contributed by atoms with Gasteiger partial charge >= 0.3 is 0 Å². The standard InChI is InChI=1S/C16H23NO2.ClH/c1-4-17(5-2)16(18)14-7-6-13-11-15(19-3)9-8-12(13)10-14;/h6-7,10,15H,4-5,8-9,11H2,1-3H3;1H. The average Bonchev–Trinajstić information content (AvgIpc) is 2.47. The first-order chi connectivity index (χ1) is 9.19. The number of hydrogen-bond donors (Lipinski definition) is 0. The summed E-state index contributed by atoms with van der Waals surface area (Å²) >= 11 is 0. The molecule has 3 nitrogen and oxygen atoms in total. The molecule has 2 rings (SSSR count). The second-order valence-corrected chi connectivity index (χ2v) is 5.06. The summed E-state index contributed by atoms with van der Waals surface area (Å²) in [5.41, 5.74) is 3.46. The molecule has 1 atom stereocenters. The van der Waals surface area contributed by atoms with E-state index >= 15 is 0 Å². The maximum atomic E-state index is 12.3. The summed E-state index contributed by atoms with van der Waals surface area (Å²) in [6.45, 7) is 5.56. The van der Waals surface area contributed by atoms with Crippen LogP contribution in [-0.2, 0) is 17.6 Å². The zero-order chi connectivity index (χ0) is 13.8. The molecule has 112 valence electrons.